The molecular formula is C17H24N2O4. The summed E-state index contributed by atoms with van der Waals surface area (Å²) in [4.78, 5) is 26.5. The zero-order chi connectivity index (χ0) is 16.9. The van der Waals surface area contributed by atoms with Crippen molar-refractivity contribution in [3.63, 3.8) is 0 Å². The van der Waals surface area contributed by atoms with Crippen LogP contribution in [0.5, 0.6) is 5.75 Å². The first-order chi connectivity index (χ1) is 11.0. The monoisotopic (exact) mass is 320 g/mol. The predicted octanol–water partition coefficient (Wildman–Crippen LogP) is 1.34. The van der Waals surface area contributed by atoms with Gasteiger partial charge in [-0.05, 0) is 19.4 Å². The van der Waals surface area contributed by atoms with E-state index in [1.54, 1.807) is 19.1 Å². The molecule has 2 amide bonds. The van der Waals surface area contributed by atoms with Crippen LogP contribution in [0.15, 0.2) is 24.3 Å². The van der Waals surface area contributed by atoms with Crippen molar-refractivity contribution in [2.45, 2.75) is 31.8 Å². The minimum Gasteiger partial charge on any atom is -0.496 e. The molecule has 0 spiro atoms. The van der Waals surface area contributed by atoms with E-state index in [4.69, 9.17) is 9.47 Å². The molecule has 1 aromatic rings. The molecule has 1 atom stereocenters. The Kier molecular flexibility index (Phi) is 5.60. The van der Waals surface area contributed by atoms with E-state index in [9.17, 15) is 9.59 Å². The first kappa shape index (κ1) is 17.3. The topological polar surface area (TPSA) is 67.9 Å². The van der Waals surface area contributed by atoms with Crippen molar-refractivity contribution in [2.24, 2.45) is 0 Å². The SMILES string of the molecule is COCCNC(=O)[C@]1(C)CCC(=O)N1Cc1ccccc1OC. The fourth-order valence-electron chi connectivity index (χ4n) is 2.86. The number of nitrogens with one attached hydrogen (secondary N) is 1. The van der Waals surface area contributed by atoms with Gasteiger partial charge in [-0.1, -0.05) is 18.2 Å². The first-order valence-corrected chi connectivity index (χ1v) is 7.72. The van der Waals surface area contributed by atoms with Gasteiger partial charge in [0.1, 0.15) is 11.3 Å². The molecule has 1 aromatic carbocycles. The number of rotatable bonds is 7. The molecule has 0 aromatic heterocycles. The Morgan fingerprint density at radius 1 is 1.35 bits per heavy atom. The number of para-hydroxylation sites is 1. The first-order valence-electron chi connectivity index (χ1n) is 7.72. The summed E-state index contributed by atoms with van der Waals surface area (Å²) in [5.41, 5.74) is 0.0484. The number of hydrogen-bond donors (Lipinski definition) is 1. The molecule has 1 aliphatic rings. The van der Waals surface area contributed by atoms with Gasteiger partial charge in [-0.25, -0.2) is 0 Å². The standard InChI is InChI=1S/C17H24N2O4/c1-17(16(21)18-10-11-22-2)9-8-15(20)19(17)12-13-6-4-5-7-14(13)23-3/h4-7H,8-12H2,1-3H3,(H,18,21)/t17-/m0/s1. The van der Waals surface area contributed by atoms with E-state index in [2.05, 4.69) is 5.32 Å². The average molecular weight is 320 g/mol. The fourth-order valence-corrected chi connectivity index (χ4v) is 2.86. The predicted molar refractivity (Wildman–Crippen MR) is 86.1 cm³/mol. The van der Waals surface area contributed by atoms with Gasteiger partial charge in [-0.2, -0.15) is 0 Å². The molecule has 6 heteroatoms. The van der Waals surface area contributed by atoms with Gasteiger partial charge in [0.05, 0.1) is 20.3 Å². The highest BCUT2D eigenvalue weighted by molar-refractivity contribution is 5.94. The van der Waals surface area contributed by atoms with Crippen LogP contribution in [0.1, 0.15) is 25.3 Å². The minimum absolute atomic E-state index is 0.0136. The third-order valence-corrected chi connectivity index (χ3v) is 4.32. The minimum atomic E-state index is -0.842. The van der Waals surface area contributed by atoms with Crippen molar-refractivity contribution < 1.29 is 19.1 Å². The van der Waals surface area contributed by atoms with Crippen molar-refractivity contribution in [1.29, 1.82) is 0 Å². The second-order valence-electron chi connectivity index (χ2n) is 5.81. The van der Waals surface area contributed by atoms with Crippen molar-refractivity contribution in [2.75, 3.05) is 27.4 Å². The molecule has 0 saturated carbocycles. The normalized spacial score (nSPS) is 20.7. The molecule has 2 rings (SSSR count). The summed E-state index contributed by atoms with van der Waals surface area (Å²) in [6.45, 7) is 3.05. The van der Waals surface area contributed by atoms with Crippen molar-refractivity contribution >= 4 is 11.8 Å². The highest BCUT2D eigenvalue weighted by Crippen LogP contribution is 2.33. The smallest absolute Gasteiger partial charge is 0.245 e. The zero-order valence-corrected chi connectivity index (χ0v) is 13.9. The lowest BCUT2D eigenvalue weighted by Gasteiger charge is -2.34. The second-order valence-corrected chi connectivity index (χ2v) is 5.81. The Balaban J connectivity index is 2.17. The molecule has 1 fully saturated rings. The maximum atomic E-state index is 12.6. The van der Waals surface area contributed by atoms with Crippen molar-refractivity contribution in [1.82, 2.24) is 10.2 Å². The third-order valence-electron chi connectivity index (χ3n) is 4.32. The molecule has 1 saturated heterocycles. The van der Waals surface area contributed by atoms with Gasteiger partial charge in [-0.3, -0.25) is 9.59 Å². The number of likely N-dealkylation sites (tertiary alicyclic amines) is 1. The summed E-state index contributed by atoms with van der Waals surface area (Å²) in [6, 6.07) is 7.54. The van der Waals surface area contributed by atoms with Crippen molar-refractivity contribution in [3.05, 3.63) is 29.8 Å². The van der Waals surface area contributed by atoms with E-state index in [0.29, 0.717) is 38.3 Å². The Labute approximate surface area is 136 Å². The molecule has 1 aliphatic heterocycles. The molecule has 1 heterocycles. The van der Waals surface area contributed by atoms with E-state index in [1.807, 2.05) is 31.2 Å². The number of carbonyl (C=O) groups is 2. The quantitative estimate of drug-likeness (QED) is 0.770. The molecule has 126 valence electrons. The van der Waals surface area contributed by atoms with Crippen LogP contribution in [0.4, 0.5) is 0 Å². The van der Waals surface area contributed by atoms with Crippen LogP contribution in [0, 0.1) is 0 Å². The largest absolute Gasteiger partial charge is 0.496 e. The average Bonchev–Trinajstić information content (AvgIpc) is 2.85. The van der Waals surface area contributed by atoms with Gasteiger partial charge < -0.3 is 19.7 Å². The van der Waals surface area contributed by atoms with Crippen LogP contribution in [0.25, 0.3) is 0 Å². The zero-order valence-electron chi connectivity index (χ0n) is 13.9. The highest BCUT2D eigenvalue weighted by Gasteiger charge is 2.47. The Hall–Kier alpha value is -2.08. The lowest BCUT2D eigenvalue weighted by Crippen LogP contribution is -2.54. The van der Waals surface area contributed by atoms with Crippen LogP contribution in [-0.4, -0.2) is 49.6 Å². The second kappa shape index (κ2) is 7.46. The van der Waals surface area contributed by atoms with Gasteiger partial charge >= 0.3 is 0 Å². The van der Waals surface area contributed by atoms with Crippen LogP contribution in [0.3, 0.4) is 0 Å². The molecular weight excluding hydrogens is 296 g/mol. The summed E-state index contributed by atoms with van der Waals surface area (Å²) in [7, 11) is 3.18. The molecule has 0 aliphatic carbocycles. The van der Waals surface area contributed by atoms with Gasteiger partial charge in [-0.15, -0.1) is 0 Å². The van der Waals surface area contributed by atoms with E-state index in [-0.39, 0.29) is 11.8 Å². The number of amides is 2. The highest BCUT2D eigenvalue weighted by atomic mass is 16.5. The number of carbonyl (C=O) groups excluding carboxylic acids is 2. The van der Waals surface area contributed by atoms with Crippen LogP contribution in [0.2, 0.25) is 0 Å². The number of hydrogen-bond acceptors (Lipinski definition) is 4. The Morgan fingerprint density at radius 2 is 2.09 bits per heavy atom. The number of methoxy groups -OCH3 is 2. The number of nitrogens with zero attached hydrogens (tertiary/aromatic N) is 1. The molecule has 0 unspecified atom stereocenters. The Morgan fingerprint density at radius 3 is 2.78 bits per heavy atom. The summed E-state index contributed by atoms with van der Waals surface area (Å²) in [5.74, 6) is 0.560. The third kappa shape index (κ3) is 3.64. The molecule has 0 bridgehead atoms. The fraction of sp³-hybridized carbons (Fsp3) is 0.529. The van der Waals surface area contributed by atoms with Crippen LogP contribution < -0.4 is 10.1 Å². The molecule has 1 N–H and O–H groups in total. The summed E-state index contributed by atoms with van der Waals surface area (Å²) in [6.07, 6.45) is 0.892. The van der Waals surface area contributed by atoms with E-state index < -0.39 is 5.54 Å². The van der Waals surface area contributed by atoms with Gasteiger partial charge in [0.15, 0.2) is 0 Å². The van der Waals surface area contributed by atoms with Crippen molar-refractivity contribution in [3.8, 4) is 5.75 Å². The van der Waals surface area contributed by atoms with Crippen LogP contribution >= 0.6 is 0 Å². The van der Waals surface area contributed by atoms with E-state index >= 15 is 0 Å². The van der Waals surface area contributed by atoms with Crippen LogP contribution in [-0.2, 0) is 20.9 Å². The lowest BCUT2D eigenvalue weighted by molar-refractivity contribution is -0.141. The van der Waals surface area contributed by atoms with E-state index in [1.165, 1.54) is 0 Å². The van der Waals surface area contributed by atoms with Gasteiger partial charge in [0.25, 0.3) is 0 Å². The summed E-state index contributed by atoms with van der Waals surface area (Å²) >= 11 is 0. The van der Waals surface area contributed by atoms with Gasteiger partial charge in [0.2, 0.25) is 11.8 Å². The Bertz CT molecular complexity index is 575. The van der Waals surface area contributed by atoms with E-state index in [0.717, 1.165) is 5.56 Å². The number of ether oxygens (including phenoxy) is 2. The molecule has 0 radical (unpaired) electrons. The summed E-state index contributed by atoms with van der Waals surface area (Å²) in [5, 5.41) is 2.84. The molecule has 23 heavy (non-hydrogen) atoms. The lowest BCUT2D eigenvalue weighted by atomic mass is 9.97. The number of benzene rings is 1. The molecule has 6 nitrogen and oxygen atoms in total. The maximum absolute atomic E-state index is 12.6. The summed E-state index contributed by atoms with van der Waals surface area (Å²) < 4.78 is 10.3. The maximum Gasteiger partial charge on any atom is 0.245 e. The van der Waals surface area contributed by atoms with Gasteiger partial charge in [0, 0.05) is 25.6 Å².